The van der Waals surface area contributed by atoms with Crippen LogP contribution in [0.2, 0.25) is 5.02 Å². The Labute approximate surface area is 206 Å². The molecular formula is C23H25ClN6O3S. The van der Waals surface area contributed by atoms with Crippen molar-refractivity contribution in [1.29, 1.82) is 0 Å². The number of amides is 1. The summed E-state index contributed by atoms with van der Waals surface area (Å²) in [5.41, 5.74) is 4.87. The van der Waals surface area contributed by atoms with Gasteiger partial charge in [0.1, 0.15) is 0 Å². The van der Waals surface area contributed by atoms with Crippen molar-refractivity contribution < 1.29 is 9.72 Å². The van der Waals surface area contributed by atoms with Gasteiger partial charge in [0.25, 0.3) is 11.6 Å². The number of rotatable bonds is 8. The average molecular weight is 501 g/mol. The molecule has 3 aromatic rings. The van der Waals surface area contributed by atoms with Gasteiger partial charge in [-0.25, -0.2) is 5.43 Å². The molecule has 3 rings (SSSR count). The normalized spacial score (nSPS) is 11.7. The van der Waals surface area contributed by atoms with Gasteiger partial charge >= 0.3 is 0 Å². The summed E-state index contributed by atoms with van der Waals surface area (Å²) in [6.07, 6.45) is 1.27. The smallest absolute Gasteiger partial charge is 0.270 e. The summed E-state index contributed by atoms with van der Waals surface area (Å²) in [5.74, 6) is 0.454. The summed E-state index contributed by atoms with van der Waals surface area (Å²) in [4.78, 5) is 22.6. The number of hydrazone groups is 1. The highest BCUT2D eigenvalue weighted by molar-refractivity contribution is 7.99. The topological polar surface area (TPSA) is 115 Å². The van der Waals surface area contributed by atoms with Crippen LogP contribution >= 0.6 is 23.4 Å². The number of nitrogens with zero attached hydrogens (tertiary/aromatic N) is 5. The van der Waals surface area contributed by atoms with Gasteiger partial charge in [0.2, 0.25) is 0 Å². The summed E-state index contributed by atoms with van der Waals surface area (Å²) < 4.78 is 1.95. The maximum Gasteiger partial charge on any atom is 0.270 e. The van der Waals surface area contributed by atoms with E-state index < -0.39 is 4.92 Å². The van der Waals surface area contributed by atoms with Crippen LogP contribution in [0.3, 0.4) is 0 Å². The number of hydrogen-bond donors (Lipinski definition) is 1. The zero-order valence-corrected chi connectivity index (χ0v) is 20.9. The van der Waals surface area contributed by atoms with Crippen molar-refractivity contribution in [1.82, 2.24) is 20.2 Å². The van der Waals surface area contributed by atoms with Crippen molar-refractivity contribution in [2.45, 2.75) is 44.8 Å². The molecule has 0 spiro atoms. The Kier molecular flexibility index (Phi) is 8.06. The first-order chi connectivity index (χ1) is 16.1. The van der Waals surface area contributed by atoms with E-state index in [0.29, 0.717) is 17.3 Å². The molecule has 1 aromatic heterocycles. The number of non-ortho nitro benzene ring substituents is 1. The lowest BCUT2D eigenvalue weighted by Crippen LogP contribution is -2.20. The van der Waals surface area contributed by atoms with Gasteiger partial charge in [-0.1, -0.05) is 68.4 Å². The maximum absolute atomic E-state index is 12.2. The second-order valence-electron chi connectivity index (χ2n) is 8.42. The fourth-order valence-corrected chi connectivity index (χ4v) is 4.05. The highest BCUT2D eigenvalue weighted by atomic mass is 35.5. The summed E-state index contributed by atoms with van der Waals surface area (Å²) >= 11 is 7.27. The minimum Gasteiger partial charge on any atom is -0.302 e. The summed E-state index contributed by atoms with van der Waals surface area (Å²) in [5, 5.41) is 24.2. The molecule has 0 aliphatic carbocycles. The number of nitro groups is 1. The molecule has 34 heavy (non-hydrogen) atoms. The second-order valence-corrected chi connectivity index (χ2v) is 9.77. The van der Waals surface area contributed by atoms with Crippen LogP contribution in [-0.4, -0.2) is 37.6 Å². The number of carbonyl (C=O) groups excluding carboxylic acids is 1. The summed E-state index contributed by atoms with van der Waals surface area (Å²) in [6.45, 7) is 9.14. The van der Waals surface area contributed by atoms with Crippen LogP contribution in [0, 0.1) is 10.1 Å². The number of halogens is 1. The van der Waals surface area contributed by atoms with E-state index in [1.807, 2.05) is 23.6 Å². The van der Waals surface area contributed by atoms with Crippen molar-refractivity contribution in [3.8, 4) is 11.4 Å². The Morgan fingerprint density at radius 3 is 2.56 bits per heavy atom. The van der Waals surface area contributed by atoms with Gasteiger partial charge in [-0.2, -0.15) is 5.10 Å². The van der Waals surface area contributed by atoms with Crippen LogP contribution in [-0.2, 0) is 16.8 Å². The van der Waals surface area contributed by atoms with E-state index in [0.717, 1.165) is 11.4 Å². The van der Waals surface area contributed by atoms with Gasteiger partial charge < -0.3 is 4.57 Å². The van der Waals surface area contributed by atoms with E-state index in [1.54, 1.807) is 0 Å². The Morgan fingerprint density at radius 1 is 1.24 bits per heavy atom. The molecule has 0 bridgehead atoms. The van der Waals surface area contributed by atoms with Crippen molar-refractivity contribution in [2.24, 2.45) is 5.10 Å². The summed E-state index contributed by atoms with van der Waals surface area (Å²) in [7, 11) is 0. The number of thioether (sulfide) groups is 1. The van der Waals surface area contributed by atoms with Crippen LogP contribution < -0.4 is 5.43 Å². The molecule has 0 aliphatic rings. The minimum atomic E-state index is -0.528. The van der Waals surface area contributed by atoms with E-state index in [4.69, 9.17) is 11.6 Å². The number of nitro benzene ring substituents is 1. The molecule has 0 fully saturated rings. The predicted molar refractivity (Wildman–Crippen MR) is 134 cm³/mol. The monoisotopic (exact) mass is 500 g/mol. The van der Waals surface area contributed by atoms with Crippen LogP contribution in [0.25, 0.3) is 11.4 Å². The van der Waals surface area contributed by atoms with Gasteiger partial charge in [0, 0.05) is 34.8 Å². The molecular weight excluding hydrogens is 476 g/mol. The Hall–Kier alpha value is -3.24. The fraction of sp³-hybridized carbons (Fsp3) is 0.304. The van der Waals surface area contributed by atoms with E-state index in [-0.39, 0.29) is 27.8 Å². The molecule has 2 aromatic carbocycles. The highest BCUT2D eigenvalue weighted by Gasteiger charge is 2.17. The van der Waals surface area contributed by atoms with Crippen LogP contribution in [0.15, 0.2) is 52.7 Å². The lowest BCUT2D eigenvalue weighted by atomic mass is 9.87. The number of hydrogen-bond acceptors (Lipinski definition) is 7. The molecule has 0 saturated heterocycles. The number of aromatic nitrogens is 3. The molecule has 1 N–H and O–H groups in total. The van der Waals surface area contributed by atoms with Crippen molar-refractivity contribution in [3.63, 3.8) is 0 Å². The molecule has 0 atom stereocenters. The summed E-state index contributed by atoms with van der Waals surface area (Å²) in [6, 6.07) is 12.2. The molecule has 0 radical (unpaired) electrons. The second kappa shape index (κ2) is 10.8. The molecule has 1 heterocycles. The van der Waals surface area contributed by atoms with Crippen LogP contribution in [0.1, 0.15) is 38.8 Å². The van der Waals surface area contributed by atoms with Crippen molar-refractivity contribution in [3.05, 3.63) is 68.7 Å². The standard InChI is InChI=1S/C23H25ClN6O3S/c1-5-29-21(15-6-8-17(9-7-15)23(2,3)4)27-28-22(29)34-14-20(31)26-25-13-16-12-18(30(32)33)10-11-19(16)24/h6-13H,5,14H2,1-4H3,(H,26,31)/b25-13+. The minimum absolute atomic E-state index is 0.0639. The van der Waals surface area contributed by atoms with Gasteiger partial charge in [-0.15, -0.1) is 10.2 Å². The number of benzene rings is 2. The third kappa shape index (κ3) is 6.21. The lowest BCUT2D eigenvalue weighted by Gasteiger charge is -2.19. The predicted octanol–water partition coefficient (Wildman–Crippen LogP) is 5.07. The lowest BCUT2D eigenvalue weighted by molar-refractivity contribution is -0.384. The largest absolute Gasteiger partial charge is 0.302 e. The number of carbonyl (C=O) groups is 1. The molecule has 178 valence electrons. The zero-order chi connectivity index (χ0) is 24.9. The van der Waals surface area contributed by atoms with Gasteiger partial charge in [-0.3, -0.25) is 14.9 Å². The zero-order valence-electron chi connectivity index (χ0n) is 19.3. The van der Waals surface area contributed by atoms with Gasteiger partial charge in [0.15, 0.2) is 11.0 Å². The third-order valence-electron chi connectivity index (χ3n) is 4.96. The van der Waals surface area contributed by atoms with Crippen molar-refractivity contribution >= 4 is 41.2 Å². The Morgan fingerprint density at radius 2 is 1.94 bits per heavy atom. The van der Waals surface area contributed by atoms with Crippen LogP contribution in [0.5, 0.6) is 0 Å². The first kappa shape index (κ1) is 25.4. The van der Waals surface area contributed by atoms with Gasteiger partial charge in [0.05, 0.1) is 16.9 Å². The molecule has 0 aliphatic heterocycles. The Balaban J connectivity index is 1.63. The van der Waals surface area contributed by atoms with E-state index in [1.165, 1.54) is 41.7 Å². The number of nitrogens with one attached hydrogen (secondary N) is 1. The average Bonchev–Trinajstić information content (AvgIpc) is 3.21. The van der Waals surface area contributed by atoms with Gasteiger partial charge in [-0.05, 0) is 24.0 Å². The Bertz CT molecular complexity index is 1220. The fourth-order valence-electron chi connectivity index (χ4n) is 3.09. The third-order valence-corrected chi connectivity index (χ3v) is 6.27. The SMILES string of the molecule is CCn1c(SCC(=O)N/N=C/c2cc([N+](=O)[O-])ccc2Cl)nnc1-c1ccc(C(C)(C)C)cc1. The molecule has 0 saturated carbocycles. The molecule has 9 nitrogen and oxygen atoms in total. The van der Waals surface area contributed by atoms with E-state index >= 15 is 0 Å². The van der Waals surface area contributed by atoms with E-state index in [2.05, 4.69) is 53.6 Å². The van der Waals surface area contributed by atoms with Crippen LogP contribution in [0.4, 0.5) is 5.69 Å². The quantitative estimate of drug-likeness (QED) is 0.200. The first-order valence-electron chi connectivity index (χ1n) is 10.5. The van der Waals surface area contributed by atoms with E-state index in [9.17, 15) is 14.9 Å². The first-order valence-corrected chi connectivity index (χ1v) is 11.9. The molecule has 11 heteroatoms. The molecule has 0 unspecified atom stereocenters. The maximum atomic E-state index is 12.2. The molecule has 1 amide bonds. The van der Waals surface area contributed by atoms with Crippen molar-refractivity contribution in [2.75, 3.05) is 5.75 Å². The highest BCUT2D eigenvalue weighted by Crippen LogP contribution is 2.27.